The topological polar surface area (TPSA) is 76.6 Å². The first-order chi connectivity index (χ1) is 14.6. The van der Waals surface area contributed by atoms with Crippen molar-refractivity contribution in [1.29, 1.82) is 0 Å². The minimum Gasteiger partial charge on any atom is -0.493 e. The van der Waals surface area contributed by atoms with Crippen LogP contribution in [0.3, 0.4) is 0 Å². The fourth-order valence-electron chi connectivity index (χ4n) is 3.86. The number of hydrogen-bond donors (Lipinski definition) is 1. The average Bonchev–Trinajstić information content (AvgIpc) is 3.22. The third kappa shape index (κ3) is 4.05. The van der Waals surface area contributed by atoms with Gasteiger partial charge in [0.1, 0.15) is 17.0 Å². The maximum Gasteiger partial charge on any atom is 0.229 e. The van der Waals surface area contributed by atoms with Gasteiger partial charge in [0.15, 0.2) is 11.5 Å². The van der Waals surface area contributed by atoms with Crippen molar-refractivity contribution in [3.05, 3.63) is 35.5 Å². The van der Waals surface area contributed by atoms with E-state index in [0.29, 0.717) is 23.7 Å². The predicted molar refractivity (Wildman–Crippen MR) is 120 cm³/mol. The van der Waals surface area contributed by atoms with E-state index in [-0.39, 0.29) is 11.8 Å². The van der Waals surface area contributed by atoms with E-state index in [0.717, 1.165) is 41.8 Å². The van der Waals surface area contributed by atoms with Gasteiger partial charge in [-0.25, -0.2) is 9.97 Å². The maximum absolute atomic E-state index is 13.0. The number of carbonyl (C=O) groups is 1. The molecule has 1 amide bonds. The number of piperidine rings is 1. The Bertz CT molecular complexity index is 1050. The Labute approximate surface area is 180 Å². The van der Waals surface area contributed by atoms with E-state index < -0.39 is 0 Å². The second-order valence-electron chi connectivity index (χ2n) is 7.33. The van der Waals surface area contributed by atoms with Gasteiger partial charge >= 0.3 is 0 Å². The molecule has 0 bridgehead atoms. The number of anilines is 2. The van der Waals surface area contributed by atoms with E-state index in [1.54, 1.807) is 44.0 Å². The molecule has 4 rings (SSSR count). The zero-order valence-electron chi connectivity index (χ0n) is 17.5. The highest BCUT2D eigenvalue weighted by Gasteiger charge is 2.28. The number of benzene rings is 1. The van der Waals surface area contributed by atoms with Gasteiger partial charge in [-0.3, -0.25) is 4.79 Å². The highest BCUT2D eigenvalue weighted by molar-refractivity contribution is 7.18. The standard InChI is InChI=1S/C22H26N4O3S/c1-4-16-11-17-20(23-13-24-22(17)30-16)26-9-5-6-14(12-26)21(27)25-15-7-8-18(28-2)19(10-15)29-3/h7-8,10-11,13-14H,4-6,9,12H2,1-3H3,(H,25,27)/t14-/m1/s1. The van der Waals surface area contributed by atoms with E-state index >= 15 is 0 Å². The van der Waals surface area contributed by atoms with Crippen LogP contribution >= 0.6 is 11.3 Å². The molecule has 158 valence electrons. The summed E-state index contributed by atoms with van der Waals surface area (Å²) < 4.78 is 10.6. The lowest BCUT2D eigenvalue weighted by Crippen LogP contribution is -2.41. The van der Waals surface area contributed by atoms with Crippen LogP contribution in [0.5, 0.6) is 11.5 Å². The number of rotatable bonds is 6. The van der Waals surface area contributed by atoms with Crippen molar-refractivity contribution in [1.82, 2.24) is 9.97 Å². The third-order valence-corrected chi connectivity index (χ3v) is 6.64. The molecule has 0 saturated carbocycles. The number of methoxy groups -OCH3 is 2. The van der Waals surface area contributed by atoms with Crippen molar-refractivity contribution >= 4 is 39.0 Å². The van der Waals surface area contributed by atoms with E-state index in [4.69, 9.17) is 9.47 Å². The SMILES string of the molecule is CCc1cc2c(N3CCC[C@@H](C(=O)Nc4ccc(OC)c(OC)c4)C3)ncnc2s1. The van der Waals surface area contributed by atoms with Crippen LogP contribution in [0, 0.1) is 5.92 Å². The zero-order chi connectivity index (χ0) is 21.1. The summed E-state index contributed by atoms with van der Waals surface area (Å²) in [5.41, 5.74) is 0.699. The maximum atomic E-state index is 13.0. The molecule has 1 aromatic carbocycles. The minimum absolute atomic E-state index is 0.0109. The molecule has 2 aromatic heterocycles. The van der Waals surface area contributed by atoms with E-state index in [9.17, 15) is 4.79 Å². The second kappa shape index (κ2) is 8.87. The molecule has 3 heterocycles. The number of amides is 1. The lowest BCUT2D eigenvalue weighted by molar-refractivity contribution is -0.120. The van der Waals surface area contributed by atoms with Crippen molar-refractivity contribution in [2.45, 2.75) is 26.2 Å². The first kappa shape index (κ1) is 20.4. The van der Waals surface area contributed by atoms with Crippen LogP contribution in [0.4, 0.5) is 11.5 Å². The molecule has 1 saturated heterocycles. The van der Waals surface area contributed by atoms with Gasteiger partial charge in [0.25, 0.3) is 0 Å². The molecule has 1 aliphatic rings. The van der Waals surface area contributed by atoms with Crippen LogP contribution < -0.4 is 19.7 Å². The van der Waals surface area contributed by atoms with Gasteiger partial charge in [0.2, 0.25) is 5.91 Å². The first-order valence-electron chi connectivity index (χ1n) is 10.1. The fraction of sp³-hybridized carbons (Fsp3) is 0.409. The molecule has 1 N–H and O–H groups in total. The number of hydrogen-bond acceptors (Lipinski definition) is 7. The molecule has 3 aromatic rings. The summed E-state index contributed by atoms with van der Waals surface area (Å²) in [5.74, 6) is 2.06. The van der Waals surface area contributed by atoms with Crippen LogP contribution in [0.25, 0.3) is 10.2 Å². The number of aromatic nitrogens is 2. The van der Waals surface area contributed by atoms with Crippen LogP contribution in [0.2, 0.25) is 0 Å². The third-order valence-electron chi connectivity index (χ3n) is 5.45. The van der Waals surface area contributed by atoms with Crippen molar-refractivity contribution in [3.8, 4) is 11.5 Å². The number of nitrogens with zero attached hydrogens (tertiary/aromatic N) is 3. The first-order valence-corrected chi connectivity index (χ1v) is 11.0. The number of fused-ring (bicyclic) bond motifs is 1. The summed E-state index contributed by atoms with van der Waals surface area (Å²) in [6.45, 7) is 3.68. The summed E-state index contributed by atoms with van der Waals surface area (Å²) in [5, 5.41) is 4.11. The zero-order valence-corrected chi connectivity index (χ0v) is 18.3. The Hall–Kier alpha value is -2.87. The fourth-order valence-corrected chi connectivity index (χ4v) is 4.79. The van der Waals surface area contributed by atoms with Crippen LogP contribution in [-0.4, -0.2) is 43.2 Å². The van der Waals surface area contributed by atoms with E-state index in [2.05, 4.69) is 33.2 Å². The van der Waals surface area contributed by atoms with Crippen LogP contribution in [-0.2, 0) is 11.2 Å². The minimum atomic E-state index is -0.110. The Morgan fingerprint density at radius 2 is 2.07 bits per heavy atom. The van der Waals surface area contributed by atoms with Gasteiger partial charge in [-0.05, 0) is 37.5 Å². The number of carbonyl (C=O) groups excluding carboxylic acids is 1. The number of ether oxygens (including phenoxy) is 2. The van der Waals surface area contributed by atoms with Gasteiger partial charge in [0.05, 0.1) is 25.5 Å². The van der Waals surface area contributed by atoms with Crippen LogP contribution in [0.1, 0.15) is 24.6 Å². The molecule has 0 unspecified atom stereocenters. The lowest BCUT2D eigenvalue weighted by Gasteiger charge is -2.33. The largest absolute Gasteiger partial charge is 0.493 e. The van der Waals surface area contributed by atoms with Crippen molar-refractivity contribution in [3.63, 3.8) is 0 Å². The Morgan fingerprint density at radius 1 is 1.23 bits per heavy atom. The summed E-state index contributed by atoms with van der Waals surface area (Å²) in [7, 11) is 3.17. The lowest BCUT2D eigenvalue weighted by atomic mass is 9.96. The van der Waals surface area contributed by atoms with E-state index in [1.807, 2.05) is 6.07 Å². The molecule has 1 atom stereocenters. The molecular weight excluding hydrogens is 400 g/mol. The second-order valence-corrected chi connectivity index (χ2v) is 8.44. The normalized spacial score (nSPS) is 16.5. The van der Waals surface area contributed by atoms with Crippen LogP contribution in [0.15, 0.2) is 30.6 Å². The van der Waals surface area contributed by atoms with Gasteiger partial charge in [-0.15, -0.1) is 11.3 Å². The summed E-state index contributed by atoms with van der Waals surface area (Å²) in [6, 6.07) is 7.58. The summed E-state index contributed by atoms with van der Waals surface area (Å²) in [6.07, 6.45) is 4.41. The number of aryl methyl sites for hydroxylation is 1. The van der Waals surface area contributed by atoms with Gasteiger partial charge in [-0.1, -0.05) is 6.92 Å². The molecule has 8 heteroatoms. The summed E-state index contributed by atoms with van der Waals surface area (Å²) in [4.78, 5) is 26.5. The monoisotopic (exact) mass is 426 g/mol. The molecule has 7 nitrogen and oxygen atoms in total. The highest BCUT2D eigenvalue weighted by Crippen LogP contribution is 2.33. The summed E-state index contributed by atoms with van der Waals surface area (Å²) >= 11 is 1.71. The van der Waals surface area contributed by atoms with Gasteiger partial charge in [-0.2, -0.15) is 0 Å². The Balaban J connectivity index is 1.50. The Kier molecular flexibility index (Phi) is 6.03. The predicted octanol–water partition coefficient (Wildman–Crippen LogP) is 4.13. The molecule has 30 heavy (non-hydrogen) atoms. The average molecular weight is 427 g/mol. The molecule has 1 fully saturated rings. The quantitative estimate of drug-likeness (QED) is 0.639. The number of thiophene rings is 1. The molecule has 1 aliphatic heterocycles. The van der Waals surface area contributed by atoms with Crippen molar-refractivity contribution in [2.75, 3.05) is 37.5 Å². The van der Waals surface area contributed by atoms with Gasteiger partial charge in [0, 0.05) is 29.7 Å². The number of nitrogens with one attached hydrogen (secondary N) is 1. The van der Waals surface area contributed by atoms with E-state index in [1.165, 1.54) is 4.88 Å². The molecule has 0 spiro atoms. The smallest absolute Gasteiger partial charge is 0.229 e. The molecular formula is C22H26N4O3S. The van der Waals surface area contributed by atoms with Gasteiger partial charge < -0.3 is 19.7 Å². The molecule has 0 aliphatic carbocycles. The van der Waals surface area contributed by atoms with Crippen molar-refractivity contribution < 1.29 is 14.3 Å². The van der Waals surface area contributed by atoms with Crippen molar-refractivity contribution in [2.24, 2.45) is 5.92 Å². The molecule has 0 radical (unpaired) electrons. The highest BCUT2D eigenvalue weighted by atomic mass is 32.1. The Morgan fingerprint density at radius 3 is 2.83 bits per heavy atom.